The Kier molecular flexibility index (Phi) is 2.34. The molecule has 2 nitrogen and oxygen atoms in total. The predicted molar refractivity (Wildman–Crippen MR) is 65.4 cm³/mol. The van der Waals surface area contributed by atoms with Crippen LogP contribution in [0.1, 0.15) is 5.56 Å². The highest BCUT2D eigenvalue weighted by Crippen LogP contribution is 2.24. The number of anilines is 2. The van der Waals surface area contributed by atoms with E-state index in [1.165, 1.54) is 0 Å². The summed E-state index contributed by atoms with van der Waals surface area (Å²) in [5.74, 6) is 0. The van der Waals surface area contributed by atoms with Gasteiger partial charge in [0, 0.05) is 11.4 Å². The Hall–Kier alpha value is -1.96. The molecule has 0 fully saturated rings. The van der Waals surface area contributed by atoms with Gasteiger partial charge in [-0.25, -0.2) is 0 Å². The van der Waals surface area contributed by atoms with Gasteiger partial charge in [-0.2, -0.15) is 0 Å². The van der Waals surface area contributed by atoms with Crippen LogP contribution in [0.5, 0.6) is 0 Å². The lowest BCUT2D eigenvalue weighted by Crippen LogP contribution is -1.90. The van der Waals surface area contributed by atoms with E-state index in [1.807, 2.05) is 43.3 Å². The van der Waals surface area contributed by atoms with Gasteiger partial charge in [0.25, 0.3) is 0 Å². The molecule has 4 N–H and O–H groups in total. The van der Waals surface area contributed by atoms with Crippen molar-refractivity contribution in [3.05, 3.63) is 48.0 Å². The monoisotopic (exact) mass is 198 g/mol. The molecule has 2 heteroatoms. The summed E-state index contributed by atoms with van der Waals surface area (Å²) in [6.07, 6.45) is 0. The second-order valence-corrected chi connectivity index (χ2v) is 3.70. The number of benzene rings is 2. The van der Waals surface area contributed by atoms with Gasteiger partial charge in [-0.3, -0.25) is 0 Å². The molecule has 2 aromatic rings. The lowest BCUT2D eigenvalue weighted by atomic mass is 10.0. The van der Waals surface area contributed by atoms with Gasteiger partial charge in [-0.1, -0.05) is 18.2 Å². The molecule has 0 saturated heterocycles. The van der Waals surface area contributed by atoms with E-state index < -0.39 is 0 Å². The standard InChI is InChI=1S/C13H14N2/c1-9-7-11(5-6-13(9)15)10-3-2-4-12(14)8-10/h2-8H,14-15H2,1H3. The van der Waals surface area contributed by atoms with Gasteiger partial charge >= 0.3 is 0 Å². The van der Waals surface area contributed by atoms with Gasteiger partial charge < -0.3 is 11.5 Å². The van der Waals surface area contributed by atoms with Crippen molar-refractivity contribution < 1.29 is 0 Å². The molecule has 0 aromatic heterocycles. The summed E-state index contributed by atoms with van der Waals surface area (Å²) in [4.78, 5) is 0. The number of rotatable bonds is 1. The first-order valence-corrected chi connectivity index (χ1v) is 4.89. The number of hydrogen-bond donors (Lipinski definition) is 2. The van der Waals surface area contributed by atoms with E-state index in [9.17, 15) is 0 Å². The minimum Gasteiger partial charge on any atom is -0.399 e. The molecule has 0 radical (unpaired) electrons. The summed E-state index contributed by atoms with van der Waals surface area (Å²) in [7, 11) is 0. The third-order valence-corrected chi connectivity index (χ3v) is 2.49. The summed E-state index contributed by atoms with van der Waals surface area (Å²) in [5, 5.41) is 0. The second kappa shape index (κ2) is 3.65. The molecular weight excluding hydrogens is 184 g/mol. The van der Waals surface area contributed by atoms with Crippen LogP contribution in [-0.4, -0.2) is 0 Å². The van der Waals surface area contributed by atoms with Gasteiger partial charge in [0.1, 0.15) is 0 Å². The number of nitrogens with two attached hydrogens (primary N) is 2. The van der Waals surface area contributed by atoms with Crippen molar-refractivity contribution in [2.45, 2.75) is 6.92 Å². The minimum atomic E-state index is 0.780. The number of nitrogen functional groups attached to an aromatic ring is 2. The summed E-state index contributed by atoms with van der Waals surface area (Å²) in [6, 6.07) is 13.9. The molecule has 0 bridgehead atoms. The Labute approximate surface area is 89.5 Å². The molecule has 0 unspecified atom stereocenters. The number of aryl methyl sites for hydroxylation is 1. The Morgan fingerprint density at radius 3 is 2.27 bits per heavy atom. The normalized spacial score (nSPS) is 10.2. The Balaban J connectivity index is 2.50. The molecule has 15 heavy (non-hydrogen) atoms. The molecule has 2 aromatic carbocycles. The summed E-state index contributed by atoms with van der Waals surface area (Å²) < 4.78 is 0. The molecule has 0 aliphatic carbocycles. The maximum Gasteiger partial charge on any atom is 0.0344 e. The zero-order valence-corrected chi connectivity index (χ0v) is 8.70. The van der Waals surface area contributed by atoms with Crippen molar-refractivity contribution >= 4 is 11.4 Å². The highest BCUT2D eigenvalue weighted by atomic mass is 14.6. The highest BCUT2D eigenvalue weighted by molar-refractivity contribution is 5.70. The van der Waals surface area contributed by atoms with Crippen molar-refractivity contribution in [2.24, 2.45) is 0 Å². The third kappa shape index (κ3) is 1.94. The first kappa shape index (κ1) is 9.59. The first-order chi connectivity index (χ1) is 7.16. The van der Waals surface area contributed by atoms with Crippen molar-refractivity contribution in [3.63, 3.8) is 0 Å². The van der Waals surface area contributed by atoms with E-state index in [1.54, 1.807) is 0 Å². The maximum atomic E-state index is 5.77. The van der Waals surface area contributed by atoms with Gasteiger partial charge in [0.2, 0.25) is 0 Å². The summed E-state index contributed by atoms with van der Waals surface area (Å²) in [6.45, 7) is 2.01. The van der Waals surface area contributed by atoms with Crippen molar-refractivity contribution in [1.29, 1.82) is 0 Å². The largest absolute Gasteiger partial charge is 0.399 e. The maximum absolute atomic E-state index is 5.77. The fourth-order valence-electron chi connectivity index (χ4n) is 1.57. The minimum absolute atomic E-state index is 0.780. The topological polar surface area (TPSA) is 52.0 Å². The van der Waals surface area contributed by atoms with E-state index in [0.717, 1.165) is 28.1 Å². The quantitative estimate of drug-likeness (QED) is 0.692. The molecule has 0 amide bonds. The lowest BCUT2D eigenvalue weighted by molar-refractivity contribution is 1.46. The predicted octanol–water partition coefficient (Wildman–Crippen LogP) is 2.83. The van der Waals surface area contributed by atoms with Crippen LogP contribution in [0.3, 0.4) is 0 Å². The molecule has 0 heterocycles. The fraction of sp³-hybridized carbons (Fsp3) is 0.0769. The average Bonchev–Trinajstić information content (AvgIpc) is 2.22. The Bertz CT molecular complexity index is 490. The van der Waals surface area contributed by atoms with Crippen molar-refractivity contribution in [1.82, 2.24) is 0 Å². The van der Waals surface area contributed by atoms with E-state index in [2.05, 4.69) is 6.07 Å². The molecule has 0 spiro atoms. The van der Waals surface area contributed by atoms with Crippen LogP contribution in [0.2, 0.25) is 0 Å². The lowest BCUT2D eigenvalue weighted by Gasteiger charge is -2.06. The van der Waals surface area contributed by atoms with Crippen LogP contribution in [-0.2, 0) is 0 Å². The van der Waals surface area contributed by atoms with Crippen LogP contribution in [0.15, 0.2) is 42.5 Å². The molecular formula is C13H14N2. The molecule has 0 aliphatic heterocycles. The molecule has 0 atom stereocenters. The summed E-state index contributed by atoms with van der Waals surface area (Å²) in [5.41, 5.74) is 16.5. The SMILES string of the molecule is Cc1cc(-c2cccc(N)c2)ccc1N. The summed E-state index contributed by atoms with van der Waals surface area (Å²) >= 11 is 0. The number of hydrogen-bond acceptors (Lipinski definition) is 2. The molecule has 76 valence electrons. The van der Waals surface area contributed by atoms with Crippen LogP contribution < -0.4 is 11.5 Å². The van der Waals surface area contributed by atoms with Crippen LogP contribution in [0.25, 0.3) is 11.1 Å². The van der Waals surface area contributed by atoms with Crippen LogP contribution in [0.4, 0.5) is 11.4 Å². The van der Waals surface area contributed by atoms with Gasteiger partial charge in [-0.05, 0) is 47.9 Å². The Morgan fingerprint density at radius 1 is 0.867 bits per heavy atom. The first-order valence-electron chi connectivity index (χ1n) is 4.89. The molecule has 0 aliphatic rings. The van der Waals surface area contributed by atoms with E-state index in [0.29, 0.717) is 0 Å². The van der Waals surface area contributed by atoms with E-state index in [4.69, 9.17) is 11.5 Å². The molecule has 0 saturated carbocycles. The van der Waals surface area contributed by atoms with Gasteiger partial charge in [-0.15, -0.1) is 0 Å². The average molecular weight is 198 g/mol. The Morgan fingerprint density at radius 2 is 1.60 bits per heavy atom. The van der Waals surface area contributed by atoms with Gasteiger partial charge in [0.15, 0.2) is 0 Å². The highest BCUT2D eigenvalue weighted by Gasteiger charge is 2.00. The van der Waals surface area contributed by atoms with E-state index in [-0.39, 0.29) is 0 Å². The van der Waals surface area contributed by atoms with Crippen molar-refractivity contribution in [3.8, 4) is 11.1 Å². The zero-order chi connectivity index (χ0) is 10.8. The van der Waals surface area contributed by atoms with Crippen LogP contribution >= 0.6 is 0 Å². The van der Waals surface area contributed by atoms with Gasteiger partial charge in [0.05, 0.1) is 0 Å². The second-order valence-electron chi connectivity index (χ2n) is 3.70. The smallest absolute Gasteiger partial charge is 0.0344 e. The van der Waals surface area contributed by atoms with Crippen LogP contribution in [0, 0.1) is 6.92 Å². The third-order valence-electron chi connectivity index (χ3n) is 2.49. The molecule has 2 rings (SSSR count). The zero-order valence-electron chi connectivity index (χ0n) is 8.70. The fourth-order valence-corrected chi connectivity index (χ4v) is 1.57. The van der Waals surface area contributed by atoms with E-state index >= 15 is 0 Å². The van der Waals surface area contributed by atoms with Crippen molar-refractivity contribution in [2.75, 3.05) is 11.5 Å².